The third kappa shape index (κ3) is 8.71. The van der Waals surface area contributed by atoms with Gasteiger partial charge in [0.2, 0.25) is 0 Å². The fraction of sp³-hybridized carbons (Fsp3) is 0.141. The van der Waals surface area contributed by atoms with E-state index in [4.69, 9.17) is 0 Å². The minimum Gasteiger partial charge on any atom is -0.309 e. The molecule has 80 heavy (non-hydrogen) atoms. The molecule has 0 saturated heterocycles. The van der Waals surface area contributed by atoms with Gasteiger partial charge in [0.15, 0.2) is 0 Å². The van der Waals surface area contributed by atoms with E-state index in [2.05, 4.69) is 30.3 Å². The number of benzene rings is 10. The van der Waals surface area contributed by atoms with Gasteiger partial charge in [-0.05, 0) is 171 Å². The Balaban J connectivity index is 1.27. The van der Waals surface area contributed by atoms with E-state index < -0.39 is 29.0 Å². The minimum absolute atomic E-state index is 0.0282. The third-order valence-corrected chi connectivity index (χ3v) is 16.0. The summed E-state index contributed by atoms with van der Waals surface area (Å²) in [5.74, 6) is 0. The molecule has 0 aliphatic carbocycles. The van der Waals surface area contributed by atoms with Crippen LogP contribution < -0.4 is 0 Å². The molecular formula is C71H53F6N3. The summed E-state index contributed by atoms with van der Waals surface area (Å²) < 4.78 is 99.2. The summed E-state index contributed by atoms with van der Waals surface area (Å²) in [4.78, 5) is 0. The van der Waals surface area contributed by atoms with Gasteiger partial charge < -0.3 is 9.13 Å². The van der Waals surface area contributed by atoms with Crippen molar-refractivity contribution in [2.75, 3.05) is 0 Å². The van der Waals surface area contributed by atoms with E-state index in [-0.39, 0.29) is 22.5 Å². The highest BCUT2D eigenvalue weighted by Gasteiger charge is 2.42. The van der Waals surface area contributed by atoms with Gasteiger partial charge in [-0.3, -0.25) is 0 Å². The molecule has 10 aromatic carbocycles. The Bertz CT molecular complexity index is 4360. The molecule has 0 bridgehead atoms. The van der Waals surface area contributed by atoms with E-state index >= 15 is 26.3 Å². The Morgan fingerprint density at radius 1 is 0.338 bits per heavy atom. The normalized spacial score (nSPS) is 12.1. The van der Waals surface area contributed by atoms with Gasteiger partial charge in [0.05, 0.1) is 50.1 Å². The molecular weight excluding hydrogens is 1010 g/mol. The van der Waals surface area contributed by atoms with Crippen LogP contribution in [0.25, 0.3) is 111 Å². The lowest BCUT2D eigenvalue weighted by Gasteiger charge is -2.24. The number of alkyl halides is 6. The SMILES string of the molecule is Cc1ccc(-c2ccc3c4ccc(-c5ccc(C)cc5C)cc4n(-c4cc(-c5c(C(F)(F)F)cccc5C(F)(F)F)c(-n5c6cc(-c7ccc(C)cc7C)ccc6c6ccc(-c7ccc(C)cc7C)cc65)cc4C#N)c3c2)c(C)c1. The van der Waals surface area contributed by atoms with Crippen molar-refractivity contribution in [3.63, 3.8) is 0 Å². The van der Waals surface area contributed by atoms with Gasteiger partial charge in [0, 0.05) is 32.7 Å². The highest BCUT2D eigenvalue weighted by atomic mass is 19.4. The van der Waals surface area contributed by atoms with E-state index in [1.54, 1.807) is 4.57 Å². The van der Waals surface area contributed by atoms with E-state index in [1.807, 2.05) is 181 Å². The molecule has 12 aromatic rings. The maximum atomic E-state index is 15.9. The number of hydrogen-bond donors (Lipinski definition) is 0. The van der Waals surface area contributed by atoms with Crippen LogP contribution in [0.2, 0.25) is 0 Å². The van der Waals surface area contributed by atoms with E-state index in [1.165, 1.54) is 12.1 Å². The Morgan fingerprint density at radius 3 is 0.938 bits per heavy atom. The third-order valence-electron chi connectivity index (χ3n) is 16.0. The first-order chi connectivity index (χ1) is 38.2. The van der Waals surface area contributed by atoms with Crippen LogP contribution in [0.3, 0.4) is 0 Å². The standard InChI is InChI=1S/C71H53F6N3/c1-39-12-20-52(43(5)28-39)47-16-24-56-57-25-17-48(53-21-13-40(2)29-44(53)6)33-65(57)79(64(56)32-47)63-37-60(69-61(70(72,73)74)10-9-11-62(69)71(75,76)77)68(36-51(63)38-78)80-66-34-49(54-22-14-41(3)30-45(54)7)18-26-58(66)59-27-19-50(35-67(59)80)55-23-15-42(4)31-46(55)8/h9-37H,1-8H3. The number of nitriles is 1. The molecule has 394 valence electrons. The smallest absolute Gasteiger partial charge is 0.309 e. The van der Waals surface area contributed by atoms with Crippen LogP contribution in [0.5, 0.6) is 0 Å². The molecule has 0 spiro atoms. The highest BCUT2D eigenvalue weighted by molar-refractivity contribution is 6.13. The lowest BCUT2D eigenvalue weighted by atomic mass is 9.90. The van der Waals surface area contributed by atoms with E-state index in [0.717, 1.165) is 117 Å². The second-order valence-corrected chi connectivity index (χ2v) is 21.6. The van der Waals surface area contributed by atoms with Gasteiger partial charge >= 0.3 is 12.4 Å². The number of rotatable bonds is 7. The fourth-order valence-corrected chi connectivity index (χ4v) is 12.3. The molecule has 0 amide bonds. The second-order valence-electron chi connectivity index (χ2n) is 21.6. The Labute approximate surface area is 460 Å². The van der Waals surface area contributed by atoms with Crippen LogP contribution in [-0.4, -0.2) is 9.13 Å². The molecule has 0 radical (unpaired) electrons. The molecule has 0 aliphatic heterocycles. The van der Waals surface area contributed by atoms with E-state index in [0.29, 0.717) is 34.2 Å². The minimum atomic E-state index is -5.25. The summed E-state index contributed by atoms with van der Waals surface area (Å²) in [5, 5.41) is 14.7. The summed E-state index contributed by atoms with van der Waals surface area (Å²) in [6, 6.07) is 55.9. The zero-order valence-corrected chi connectivity index (χ0v) is 45.4. The average Bonchev–Trinajstić information content (AvgIpc) is 4.08. The summed E-state index contributed by atoms with van der Waals surface area (Å²) >= 11 is 0. The molecule has 3 nitrogen and oxygen atoms in total. The summed E-state index contributed by atoms with van der Waals surface area (Å²) in [7, 11) is 0. The van der Waals surface area contributed by atoms with Gasteiger partial charge in [-0.1, -0.05) is 150 Å². The molecule has 2 aromatic heterocycles. The van der Waals surface area contributed by atoms with Gasteiger partial charge in [-0.15, -0.1) is 0 Å². The lowest BCUT2D eigenvalue weighted by molar-refractivity contribution is -0.142. The van der Waals surface area contributed by atoms with Crippen molar-refractivity contribution < 1.29 is 26.3 Å². The summed E-state index contributed by atoms with van der Waals surface area (Å²) in [6.45, 7) is 16.1. The molecule has 9 heteroatoms. The second kappa shape index (κ2) is 19.1. The largest absolute Gasteiger partial charge is 0.417 e. The average molecular weight is 1060 g/mol. The molecule has 0 atom stereocenters. The molecule has 0 unspecified atom stereocenters. The van der Waals surface area contributed by atoms with Crippen molar-refractivity contribution >= 4 is 43.6 Å². The predicted octanol–water partition coefficient (Wildman–Crippen LogP) is 20.6. The Morgan fingerprint density at radius 2 is 0.650 bits per heavy atom. The summed E-state index contributed by atoms with van der Waals surface area (Å²) in [6.07, 6.45) is -10.5. The number of aromatic nitrogens is 2. The lowest BCUT2D eigenvalue weighted by Crippen LogP contribution is -2.15. The fourth-order valence-electron chi connectivity index (χ4n) is 12.3. The quantitative estimate of drug-likeness (QED) is 0.146. The topological polar surface area (TPSA) is 33.6 Å². The maximum absolute atomic E-state index is 15.9. The number of nitrogens with zero attached hydrogens (tertiary/aromatic N) is 3. The van der Waals surface area contributed by atoms with Crippen molar-refractivity contribution in [3.8, 4) is 73.1 Å². The van der Waals surface area contributed by atoms with Crippen molar-refractivity contribution in [1.29, 1.82) is 5.26 Å². The Kier molecular flexibility index (Phi) is 12.3. The first-order valence-corrected chi connectivity index (χ1v) is 26.5. The van der Waals surface area contributed by atoms with Gasteiger partial charge in [-0.25, -0.2) is 0 Å². The van der Waals surface area contributed by atoms with Crippen LogP contribution >= 0.6 is 0 Å². The number of fused-ring (bicyclic) bond motifs is 6. The molecule has 12 rings (SSSR count). The van der Waals surface area contributed by atoms with Crippen molar-refractivity contribution in [1.82, 2.24) is 9.13 Å². The monoisotopic (exact) mass is 1060 g/mol. The highest BCUT2D eigenvalue weighted by Crippen LogP contribution is 2.50. The van der Waals surface area contributed by atoms with Crippen LogP contribution in [0.1, 0.15) is 61.2 Å². The van der Waals surface area contributed by atoms with Gasteiger partial charge in [-0.2, -0.15) is 31.6 Å². The maximum Gasteiger partial charge on any atom is 0.417 e. The van der Waals surface area contributed by atoms with Crippen molar-refractivity contribution in [3.05, 3.63) is 237 Å². The molecule has 0 fully saturated rings. The van der Waals surface area contributed by atoms with Gasteiger partial charge in [0.25, 0.3) is 0 Å². The number of aryl methyl sites for hydroxylation is 8. The zero-order valence-electron chi connectivity index (χ0n) is 45.4. The molecule has 0 saturated carbocycles. The predicted molar refractivity (Wildman–Crippen MR) is 315 cm³/mol. The molecule has 2 heterocycles. The summed E-state index contributed by atoms with van der Waals surface area (Å²) in [5.41, 5.74) is 13.3. The first kappa shape index (κ1) is 51.6. The van der Waals surface area contributed by atoms with Crippen LogP contribution in [0.15, 0.2) is 176 Å². The van der Waals surface area contributed by atoms with Crippen molar-refractivity contribution in [2.24, 2.45) is 0 Å². The van der Waals surface area contributed by atoms with Crippen LogP contribution in [0.4, 0.5) is 26.3 Å². The zero-order chi connectivity index (χ0) is 56.3. The number of halogens is 6. The Hall–Kier alpha value is -9.13. The molecule has 0 aliphatic rings. The molecule has 0 N–H and O–H groups in total. The van der Waals surface area contributed by atoms with Crippen molar-refractivity contribution in [2.45, 2.75) is 67.7 Å². The first-order valence-electron chi connectivity index (χ1n) is 26.5. The van der Waals surface area contributed by atoms with Gasteiger partial charge in [0.1, 0.15) is 6.07 Å². The van der Waals surface area contributed by atoms with Crippen LogP contribution in [-0.2, 0) is 12.4 Å². The number of hydrogen-bond acceptors (Lipinski definition) is 1. The van der Waals surface area contributed by atoms with Crippen LogP contribution in [0, 0.1) is 66.7 Å². The van der Waals surface area contributed by atoms with E-state index in [9.17, 15) is 5.26 Å².